The molecule has 1 aromatic rings. The van der Waals surface area contributed by atoms with Crippen molar-refractivity contribution in [2.45, 2.75) is 25.4 Å². The molecule has 0 saturated carbocycles. The molecule has 3 N–H and O–H groups in total. The van der Waals surface area contributed by atoms with Gasteiger partial charge in [0.2, 0.25) is 0 Å². The van der Waals surface area contributed by atoms with Gasteiger partial charge in [0, 0.05) is 12.6 Å². The van der Waals surface area contributed by atoms with Crippen LogP contribution in [0.4, 0.5) is 0 Å². The van der Waals surface area contributed by atoms with E-state index in [2.05, 4.69) is 22.3 Å². The molecule has 2 rings (SSSR count). The Morgan fingerprint density at radius 2 is 2.14 bits per heavy atom. The van der Waals surface area contributed by atoms with Crippen molar-refractivity contribution in [2.75, 3.05) is 34.4 Å². The van der Waals surface area contributed by atoms with Gasteiger partial charge in [-0.15, -0.1) is 0 Å². The number of guanidine groups is 1. The van der Waals surface area contributed by atoms with E-state index in [0.717, 1.165) is 18.7 Å². The molecule has 0 amide bonds. The second kappa shape index (κ2) is 7.89. The summed E-state index contributed by atoms with van der Waals surface area (Å²) in [6.07, 6.45) is 2.47. The van der Waals surface area contributed by atoms with Gasteiger partial charge in [-0.2, -0.15) is 0 Å². The van der Waals surface area contributed by atoms with E-state index in [1.807, 2.05) is 18.2 Å². The van der Waals surface area contributed by atoms with Crippen LogP contribution in [-0.2, 0) is 6.54 Å². The number of rotatable bonds is 6. The predicted molar refractivity (Wildman–Crippen MR) is 88.5 cm³/mol. The lowest BCUT2D eigenvalue weighted by molar-refractivity contribution is 0.310. The molecule has 1 aliphatic rings. The average Bonchev–Trinajstić information content (AvgIpc) is 2.95. The highest BCUT2D eigenvalue weighted by Crippen LogP contribution is 2.27. The molecular formula is C16H26N4O2. The molecule has 0 spiro atoms. The van der Waals surface area contributed by atoms with E-state index in [1.165, 1.54) is 12.8 Å². The summed E-state index contributed by atoms with van der Waals surface area (Å²) in [5, 5.41) is 3.21. The Balaban J connectivity index is 1.87. The fraction of sp³-hybridized carbons (Fsp3) is 0.562. The molecule has 1 aromatic carbocycles. The van der Waals surface area contributed by atoms with E-state index in [1.54, 1.807) is 14.2 Å². The van der Waals surface area contributed by atoms with Gasteiger partial charge in [-0.1, -0.05) is 6.07 Å². The zero-order valence-corrected chi connectivity index (χ0v) is 13.6. The van der Waals surface area contributed by atoms with E-state index < -0.39 is 0 Å². The summed E-state index contributed by atoms with van der Waals surface area (Å²) >= 11 is 0. The summed E-state index contributed by atoms with van der Waals surface area (Å²) < 4.78 is 10.5. The zero-order chi connectivity index (χ0) is 15.9. The largest absolute Gasteiger partial charge is 0.493 e. The second-order valence-corrected chi connectivity index (χ2v) is 5.55. The molecular weight excluding hydrogens is 280 g/mol. The van der Waals surface area contributed by atoms with Crippen molar-refractivity contribution in [3.63, 3.8) is 0 Å². The molecule has 1 aliphatic heterocycles. The van der Waals surface area contributed by atoms with Crippen molar-refractivity contribution < 1.29 is 9.47 Å². The van der Waals surface area contributed by atoms with Gasteiger partial charge in [-0.05, 0) is 44.1 Å². The molecule has 122 valence electrons. The number of hydrogen-bond acceptors (Lipinski definition) is 4. The van der Waals surface area contributed by atoms with Gasteiger partial charge in [0.15, 0.2) is 17.5 Å². The number of nitrogens with zero attached hydrogens (tertiary/aromatic N) is 2. The van der Waals surface area contributed by atoms with Crippen molar-refractivity contribution in [1.29, 1.82) is 0 Å². The first-order valence-electron chi connectivity index (χ1n) is 7.59. The number of nitrogens with one attached hydrogen (secondary N) is 1. The molecule has 1 saturated heterocycles. The third-order valence-corrected chi connectivity index (χ3v) is 4.07. The van der Waals surface area contributed by atoms with Crippen molar-refractivity contribution in [3.8, 4) is 11.5 Å². The summed E-state index contributed by atoms with van der Waals surface area (Å²) in [4.78, 5) is 6.74. The van der Waals surface area contributed by atoms with Crippen LogP contribution in [0.1, 0.15) is 18.4 Å². The second-order valence-electron chi connectivity index (χ2n) is 5.55. The molecule has 6 heteroatoms. The number of ether oxygens (including phenoxy) is 2. The predicted octanol–water partition coefficient (Wildman–Crippen LogP) is 1.20. The SMILES string of the molecule is COc1ccc(CN=C(N)NCC2CCCN2C)cc1OC. The fourth-order valence-corrected chi connectivity index (χ4v) is 2.67. The minimum atomic E-state index is 0.482. The number of benzene rings is 1. The summed E-state index contributed by atoms with van der Waals surface area (Å²) in [6, 6.07) is 6.30. The number of likely N-dealkylation sites (N-methyl/N-ethyl adjacent to an activating group) is 1. The summed E-state index contributed by atoms with van der Waals surface area (Å²) in [5.74, 6) is 1.90. The number of methoxy groups -OCH3 is 2. The highest BCUT2D eigenvalue weighted by atomic mass is 16.5. The highest BCUT2D eigenvalue weighted by molar-refractivity contribution is 5.77. The van der Waals surface area contributed by atoms with Crippen molar-refractivity contribution in [1.82, 2.24) is 10.2 Å². The van der Waals surface area contributed by atoms with Gasteiger partial charge >= 0.3 is 0 Å². The van der Waals surface area contributed by atoms with Crippen LogP contribution in [0.25, 0.3) is 0 Å². The van der Waals surface area contributed by atoms with Crippen molar-refractivity contribution in [2.24, 2.45) is 10.7 Å². The lowest BCUT2D eigenvalue weighted by atomic mass is 10.2. The molecule has 0 radical (unpaired) electrons. The summed E-state index contributed by atoms with van der Waals surface area (Å²) in [6.45, 7) is 2.52. The van der Waals surface area contributed by atoms with Crippen LogP contribution < -0.4 is 20.5 Å². The number of nitrogens with two attached hydrogens (primary N) is 1. The molecule has 0 aliphatic carbocycles. The molecule has 0 aromatic heterocycles. The van der Waals surface area contributed by atoms with E-state index in [0.29, 0.717) is 30.0 Å². The van der Waals surface area contributed by atoms with Gasteiger partial charge in [0.05, 0.1) is 20.8 Å². The van der Waals surface area contributed by atoms with Gasteiger partial charge < -0.3 is 25.4 Å². The minimum absolute atomic E-state index is 0.482. The number of likely N-dealkylation sites (tertiary alicyclic amines) is 1. The maximum atomic E-state index is 5.94. The Labute approximate surface area is 132 Å². The van der Waals surface area contributed by atoms with E-state index in [4.69, 9.17) is 15.2 Å². The summed E-state index contributed by atoms with van der Waals surface area (Å²) in [7, 11) is 5.40. The molecule has 1 heterocycles. The first-order chi connectivity index (χ1) is 10.6. The lowest BCUT2D eigenvalue weighted by Gasteiger charge is -2.19. The Hall–Kier alpha value is -1.95. The number of hydrogen-bond donors (Lipinski definition) is 2. The monoisotopic (exact) mass is 306 g/mol. The topological polar surface area (TPSA) is 72.1 Å². The van der Waals surface area contributed by atoms with Gasteiger partial charge in [-0.3, -0.25) is 0 Å². The minimum Gasteiger partial charge on any atom is -0.493 e. The van der Waals surface area contributed by atoms with E-state index in [-0.39, 0.29) is 0 Å². The standard InChI is InChI=1S/C16H26N4O2/c1-20-8-4-5-13(20)11-19-16(17)18-10-12-6-7-14(21-2)15(9-12)22-3/h6-7,9,13H,4-5,8,10-11H2,1-3H3,(H3,17,18,19). The van der Waals surface area contributed by atoms with Crippen LogP contribution in [0.3, 0.4) is 0 Å². The van der Waals surface area contributed by atoms with Crippen LogP contribution in [0.15, 0.2) is 23.2 Å². The lowest BCUT2D eigenvalue weighted by Crippen LogP contribution is -2.41. The third kappa shape index (κ3) is 4.27. The van der Waals surface area contributed by atoms with Crippen molar-refractivity contribution in [3.05, 3.63) is 23.8 Å². The first-order valence-corrected chi connectivity index (χ1v) is 7.59. The Morgan fingerprint density at radius 1 is 1.36 bits per heavy atom. The van der Waals surface area contributed by atoms with Crippen LogP contribution in [-0.4, -0.2) is 51.3 Å². The first kappa shape index (κ1) is 16.4. The van der Waals surface area contributed by atoms with Crippen LogP contribution in [0.2, 0.25) is 0 Å². The van der Waals surface area contributed by atoms with Gasteiger partial charge in [0.1, 0.15) is 0 Å². The van der Waals surface area contributed by atoms with Crippen LogP contribution in [0, 0.1) is 0 Å². The normalized spacial score (nSPS) is 19.2. The maximum Gasteiger partial charge on any atom is 0.188 e. The van der Waals surface area contributed by atoms with E-state index in [9.17, 15) is 0 Å². The maximum absolute atomic E-state index is 5.94. The Kier molecular flexibility index (Phi) is 5.89. The van der Waals surface area contributed by atoms with E-state index >= 15 is 0 Å². The average molecular weight is 306 g/mol. The Morgan fingerprint density at radius 3 is 2.77 bits per heavy atom. The molecule has 0 bridgehead atoms. The Bertz CT molecular complexity index is 519. The summed E-state index contributed by atoms with van der Waals surface area (Å²) in [5.41, 5.74) is 6.96. The molecule has 1 fully saturated rings. The smallest absolute Gasteiger partial charge is 0.188 e. The molecule has 1 unspecified atom stereocenters. The molecule has 1 atom stereocenters. The van der Waals surface area contributed by atoms with Crippen molar-refractivity contribution >= 4 is 5.96 Å². The molecule has 6 nitrogen and oxygen atoms in total. The fourth-order valence-electron chi connectivity index (χ4n) is 2.67. The highest BCUT2D eigenvalue weighted by Gasteiger charge is 2.20. The van der Waals surface area contributed by atoms with Gasteiger partial charge in [-0.25, -0.2) is 4.99 Å². The van der Waals surface area contributed by atoms with Crippen LogP contribution in [0.5, 0.6) is 11.5 Å². The van der Waals surface area contributed by atoms with Gasteiger partial charge in [0.25, 0.3) is 0 Å². The molecule has 22 heavy (non-hydrogen) atoms. The third-order valence-electron chi connectivity index (χ3n) is 4.07. The zero-order valence-electron chi connectivity index (χ0n) is 13.6. The number of aliphatic imine (C=N–C) groups is 1. The van der Waals surface area contributed by atoms with Crippen LogP contribution >= 0.6 is 0 Å². The quantitative estimate of drug-likeness (QED) is 0.610.